The van der Waals surface area contributed by atoms with Gasteiger partial charge in [-0.3, -0.25) is 14.4 Å². The number of amides is 2. The minimum absolute atomic E-state index is 0.0347. The number of carbonyl (C=O) groups excluding carboxylic acids is 2. The van der Waals surface area contributed by atoms with Crippen molar-refractivity contribution in [2.45, 2.75) is 32.6 Å². The first-order valence-electron chi connectivity index (χ1n) is 8.74. The summed E-state index contributed by atoms with van der Waals surface area (Å²) in [7, 11) is 0. The molecule has 1 aliphatic heterocycles. The number of carboxylic acids is 1. The van der Waals surface area contributed by atoms with E-state index in [1.54, 1.807) is 29.2 Å². The summed E-state index contributed by atoms with van der Waals surface area (Å²) in [5.74, 6) is -1.92. The van der Waals surface area contributed by atoms with Crippen LogP contribution in [-0.4, -0.2) is 47.4 Å². The Morgan fingerprint density at radius 2 is 1.76 bits per heavy atom. The Labute approximate surface area is 148 Å². The molecule has 2 rings (SSSR count). The zero-order valence-electron chi connectivity index (χ0n) is 14.8. The summed E-state index contributed by atoms with van der Waals surface area (Å²) in [4.78, 5) is 37.6. The van der Waals surface area contributed by atoms with Crippen molar-refractivity contribution in [3.8, 4) is 0 Å². The van der Waals surface area contributed by atoms with E-state index in [2.05, 4.69) is 5.32 Å². The number of hydrogen-bond acceptors (Lipinski definition) is 3. The second-order valence-corrected chi connectivity index (χ2v) is 6.80. The summed E-state index contributed by atoms with van der Waals surface area (Å²) in [6, 6.07) is 8.90. The van der Waals surface area contributed by atoms with Gasteiger partial charge in [-0.15, -0.1) is 0 Å². The van der Waals surface area contributed by atoms with Crippen LogP contribution in [0.4, 0.5) is 0 Å². The number of piperidine rings is 1. The predicted octanol–water partition coefficient (Wildman–Crippen LogP) is 1.87. The van der Waals surface area contributed by atoms with E-state index >= 15 is 0 Å². The highest BCUT2D eigenvalue weighted by Crippen LogP contribution is 2.20. The maximum absolute atomic E-state index is 12.4. The smallest absolute Gasteiger partial charge is 0.312 e. The van der Waals surface area contributed by atoms with Crippen molar-refractivity contribution in [1.29, 1.82) is 0 Å². The van der Waals surface area contributed by atoms with Crippen LogP contribution in [0, 0.1) is 11.8 Å². The first-order valence-corrected chi connectivity index (χ1v) is 8.74. The van der Waals surface area contributed by atoms with Crippen molar-refractivity contribution in [3.63, 3.8) is 0 Å². The van der Waals surface area contributed by atoms with Gasteiger partial charge in [-0.1, -0.05) is 44.2 Å². The molecule has 0 bridgehead atoms. The van der Waals surface area contributed by atoms with Crippen LogP contribution in [0.3, 0.4) is 0 Å². The maximum Gasteiger partial charge on any atom is 0.312 e. The molecule has 0 aromatic heterocycles. The van der Waals surface area contributed by atoms with Crippen molar-refractivity contribution in [1.82, 2.24) is 10.2 Å². The van der Waals surface area contributed by atoms with Crippen LogP contribution < -0.4 is 5.32 Å². The molecule has 2 amide bonds. The average Bonchev–Trinajstić information content (AvgIpc) is 2.61. The fraction of sp³-hybridized carbons (Fsp3) is 0.526. The molecule has 6 nitrogen and oxygen atoms in total. The van der Waals surface area contributed by atoms with E-state index in [-0.39, 0.29) is 30.2 Å². The minimum atomic E-state index is -0.955. The predicted molar refractivity (Wildman–Crippen MR) is 94.0 cm³/mol. The molecule has 1 aromatic carbocycles. The Balaban J connectivity index is 1.86. The van der Waals surface area contributed by atoms with Gasteiger partial charge in [-0.2, -0.15) is 0 Å². The van der Waals surface area contributed by atoms with Gasteiger partial charge in [-0.25, -0.2) is 0 Å². The van der Waals surface area contributed by atoms with Gasteiger partial charge in [-0.05, 0) is 18.4 Å². The molecule has 2 N–H and O–H groups in total. The number of nitrogens with zero attached hydrogens (tertiary/aromatic N) is 1. The van der Waals surface area contributed by atoms with Crippen molar-refractivity contribution < 1.29 is 19.5 Å². The van der Waals surface area contributed by atoms with Gasteiger partial charge in [0, 0.05) is 31.5 Å². The Morgan fingerprint density at radius 3 is 2.28 bits per heavy atom. The molecule has 1 fully saturated rings. The SMILES string of the molecule is CC(C)C(=O)N1CCC(C(=O)NCC(C(=O)O)c2ccccc2)CC1. The number of benzene rings is 1. The van der Waals surface area contributed by atoms with E-state index in [0.717, 1.165) is 0 Å². The summed E-state index contributed by atoms with van der Waals surface area (Å²) < 4.78 is 0. The first-order chi connectivity index (χ1) is 11.9. The first kappa shape index (κ1) is 19.0. The lowest BCUT2D eigenvalue weighted by Crippen LogP contribution is -2.45. The molecule has 0 saturated carbocycles. The second kappa shape index (κ2) is 8.65. The van der Waals surface area contributed by atoms with Gasteiger partial charge < -0.3 is 15.3 Å². The average molecular weight is 346 g/mol. The van der Waals surface area contributed by atoms with Crippen molar-refractivity contribution in [2.24, 2.45) is 11.8 Å². The molecule has 136 valence electrons. The fourth-order valence-electron chi connectivity index (χ4n) is 3.11. The third-order valence-corrected chi connectivity index (χ3v) is 4.65. The molecule has 25 heavy (non-hydrogen) atoms. The topological polar surface area (TPSA) is 86.7 Å². The van der Waals surface area contributed by atoms with Gasteiger partial charge in [0.15, 0.2) is 0 Å². The highest BCUT2D eigenvalue weighted by Gasteiger charge is 2.29. The molecule has 1 aromatic rings. The van der Waals surface area contributed by atoms with Gasteiger partial charge in [0.1, 0.15) is 0 Å². The minimum Gasteiger partial charge on any atom is -0.481 e. The van der Waals surface area contributed by atoms with E-state index in [1.807, 2.05) is 19.9 Å². The van der Waals surface area contributed by atoms with E-state index in [9.17, 15) is 19.5 Å². The molecule has 0 aliphatic carbocycles. The summed E-state index contributed by atoms with van der Waals surface area (Å²) in [5.41, 5.74) is 0.674. The highest BCUT2D eigenvalue weighted by molar-refractivity contribution is 5.82. The van der Waals surface area contributed by atoms with Crippen molar-refractivity contribution in [2.75, 3.05) is 19.6 Å². The lowest BCUT2D eigenvalue weighted by atomic mass is 9.94. The van der Waals surface area contributed by atoms with Crippen molar-refractivity contribution in [3.05, 3.63) is 35.9 Å². The zero-order valence-corrected chi connectivity index (χ0v) is 14.8. The Hall–Kier alpha value is -2.37. The third-order valence-electron chi connectivity index (χ3n) is 4.65. The van der Waals surface area contributed by atoms with Gasteiger partial charge in [0.2, 0.25) is 11.8 Å². The molecular formula is C19H26N2O4. The van der Waals surface area contributed by atoms with Crippen LogP contribution in [0.2, 0.25) is 0 Å². The largest absolute Gasteiger partial charge is 0.481 e. The quantitative estimate of drug-likeness (QED) is 0.823. The van der Waals surface area contributed by atoms with Gasteiger partial charge in [0.25, 0.3) is 0 Å². The van der Waals surface area contributed by atoms with E-state index in [1.165, 1.54) is 0 Å². The maximum atomic E-state index is 12.4. The van der Waals surface area contributed by atoms with Crippen LogP contribution >= 0.6 is 0 Å². The Kier molecular flexibility index (Phi) is 6.56. The number of hydrogen-bond donors (Lipinski definition) is 2. The molecule has 0 spiro atoms. The summed E-state index contributed by atoms with van der Waals surface area (Å²) >= 11 is 0. The molecule has 1 atom stereocenters. The highest BCUT2D eigenvalue weighted by atomic mass is 16.4. The normalized spacial score (nSPS) is 16.5. The molecule has 6 heteroatoms. The van der Waals surface area contributed by atoms with Crippen LogP contribution in [0.15, 0.2) is 30.3 Å². The number of nitrogens with one attached hydrogen (secondary N) is 1. The van der Waals surface area contributed by atoms with Gasteiger partial charge >= 0.3 is 5.97 Å². The zero-order chi connectivity index (χ0) is 18.4. The molecular weight excluding hydrogens is 320 g/mol. The second-order valence-electron chi connectivity index (χ2n) is 6.80. The Bertz CT molecular complexity index is 607. The third kappa shape index (κ3) is 5.05. The van der Waals surface area contributed by atoms with Crippen LogP contribution in [0.1, 0.15) is 38.2 Å². The standard InChI is InChI=1S/C19H26N2O4/c1-13(2)18(23)21-10-8-15(9-11-21)17(22)20-12-16(19(24)25)14-6-4-3-5-7-14/h3-7,13,15-16H,8-12H2,1-2H3,(H,20,22)(H,24,25). The summed E-state index contributed by atoms with van der Waals surface area (Å²) in [6.45, 7) is 4.98. The summed E-state index contributed by atoms with van der Waals surface area (Å²) in [5, 5.41) is 12.2. The van der Waals surface area contributed by atoms with Crippen LogP contribution in [0.5, 0.6) is 0 Å². The number of likely N-dealkylation sites (tertiary alicyclic amines) is 1. The Morgan fingerprint density at radius 1 is 1.16 bits per heavy atom. The van der Waals surface area contributed by atoms with Crippen LogP contribution in [-0.2, 0) is 14.4 Å². The molecule has 1 heterocycles. The molecule has 1 aliphatic rings. The monoisotopic (exact) mass is 346 g/mol. The molecule has 0 radical (unpaired) electrons. The number of carboxylic acid groups (broad SMARTS) is 1. The number of rotatable bonds is 6. The molecule has 1 unspecified atom stereocenters. The number of aliphatic carboxylic acids is 1. The van der Waals surface area contributed by atoms with Crippen molar-refractivity contribution >= 4 is 17.8 Å². The van der Waals surface area contributed by atoms with E-state index in [4.69, 9.17) is 0 Å². The fourth-order valence-corrected chi connectivity index (χ4v) is 3.11. The lowest BCUT2D eigenvalue weighted by Gasteiger charge is -2.32. The van der Waals surface area contributed by atoms with Gasteiger partial charge in [0.05, 0.1) is 5.92 Å². The van der Waals surface area contributed by atoms with Crippen LogP contribution in [0.25, 0.3) is 0 Å². The van der Waals surface area contributed by atoms with E-state index in [0.29, 0.717) is 31.5 Å². The number of carbonyl (C=O) groups is 3. The van der Waals surface area contributed by atoms with E-state index < -0.39 is 11.9 Å². The lowest BCUT2D eigenvalue weighted by molar-refractivity contribution is -0.140. The summed E-state index contributed by atoms with van der Waals surface area (Å²) in [6.07, 6.45) is 1.24. The molecule has 1 saturated heterocycles.